The maximum absolute atomic E-state index is 11.6. The van der Waals surface area contributed by atoms with Crippen LogP contribution in [0.4, 0.5) is 0 Å². The summed E-state index contributed by atoms with van der Waals surface area (Å²) in [5, 5.41) is 20.7. The maximum atomic E-state index is 11.6. The lowest BCUT2D eigenvalue weighted by molar-refractivity contribution is 0.0600. The number of likely N-dealkylation sites (tertiary alicyclic amines) is 1. The van der Waals surface area contributed by atoms with Gasteiger partial charge in [0.1, 0.15) is 0 Å². The Bertz CT molecular complexity index is 807. The van der Waals surface area contributed by atoms with Crippen molar-refractivity contribution in [3.8, 4) is 0 Å². The highest BCUT2D eigenvalue weighted by atomic mass is 16.5. The van der Waals surface area contributed by atoms with Crippen molar-refractivity contribution in [3.05, 3.63) is 71.3 Å². The summed E-state index contributed by atoms with van der Waals surface area (Å²) < 4.78 is 4.73. The van der Waals surface area contributed by atoms with Crippen LogP contribution in [-0.2, 0) is 11.3 Å². The number of β-amino-alcohol motifs (C(OH)–C–C–N with tert-alkyl or cyclic N) is 1. The number of nitrogens with zero attached hydrogens (tertiary/aromatic N) is 1. The Balaban J connectivity index is 1.48. The van der Waals surface area contributed by atoms with Gasteiger partial charge in [0.05, 0.1) is 18.8 Å². The zero-order chi connectivity index (χ0) is 19.0. The van der Waals surface area contributed by atoms with Gasteiger partial charge in [0.15, 0.2) is 0 Å². The number of aliphatic hydroxyl groups is 2. The number of carbonyl (C=O) groups is 1. The van der Waals surface area contributed by atoms with Crippen molar-refractivity contribution in [2.24, 2.45) is 11.3 Å². The molecular weight excluding hydrogens is 342 g/mol. The minimum atomic E-state index is -0.450. The van der Waals surface area contributed by atoms with E-state index in [9.17, 15) is 15.0 Å². The third-order valence-corrected chi connectivity index (χ3v) is 6.25. The van der Waals surface area contributed by atoms with Crippen LogP contribution < -0.4 is 0 Å². The fraction of sp³-hybridized carbons (Fsp3) is 0.409. The summed E-state index contributed by atoms with van der Waals surface area (Å²) in [6, 6.07) is 17.6. The van der Waals surface area contributed by atoms with E-state index in [1.165, 1.54) is 12.7 Å². The monoisotopic (exact) mass is 367 g/mol. The van der Waals surface area contributed by atoms with Gasteiger partial charge in [-0.05, 0) is 35.1 Å². The van der Waals surface area contributed by atoms with Crippen LogP contribution in [0.25, 0.3) is 0 Å². The van der Waals surface area contributed by atoms with E-state index in [1.807, 2.05) is 30.3 Å². The number of hydrogen-bond acceptors (Lipinski definition) is 5. The van der Waals surface area contributed by atoms with Crippen LogP contribution in [0.3, 0.4) is 0 Å². The van der Waals surface area contributed by atoms with Crippen LogP contribution in [-0.4, -0.2) is 54.0 Å². The molecule has 1 aliphatic heterocycles. The molecule has 4 rings (SSSR count). The molecule has 2 aliphatic rings. The zero-order valence-electron chi connectivity index (χ0n) is 15.4. The zero-order valence-corrected chi connectivity index (χ0v) is 15.4. The molecule has 1 aliphatic carbocycles. The summed E-state index contributed by atoms with van der Waals surface area (Å²) in [7, 11) is 1.37. The molecule has 4 atom stereocenters. The molecule has 142 valence electrons. The molecule has 5 heteroatoms. The van der Waals surface area contributed by atoms with Gasteiger partial charge in [0, 0.05) is 31.7 Å². The molecule has 5 nitrogen and oxygen atoms in total. The molecule has 2 aromatic carbocycles. The maximum Gasteiger partial charge on any atom is 0.337 e. The van der Waals surface area contributed by atoms with Crippen LogP contribution in [0.15, 0.2) is 54.6 Å². The molecule has 1 saturated carbocycles. The minimum absolute atomic E-state index is 0.0955. The van der Waals surface area contributed by atoms with E-state index in [4.69, 9.17) is 4.74 Å². The fourth-order valence-corrected chi connectivity index (χ4v) is 4.90. The van der Waals surface area contributed by atoms with E-state index in [0.717, 1.165) is 12.1 Å². The number of rotatable bonds is 5. The highest BCUT2D eigenvalue weighted by Crippen LogP contribution is 2.68. The number of hydrogen-bond donors (Lipinski definition) is 2. The molecule has 2 fully saturated rings. The summed E-state index contributed by atoms with van der Waals surface area (Å²) >= 11 is 0. The van der Waals surface area contributed by atoms with Gasteiger partial charge in [-0.2, -0.15) is 0 Å². The Kier molecular flexibility index (Phi) is 4.76. The number of carbonyl (C=O) groups excluding carboxylic acids is 1. The summed E-state index contributed by atoms with van der Waals surface area (Å²) in [5.74, 6) is -0.0430. The first-order chi connectivity index (χ1) is 13.1. The third-order valence-electron chi connectivity index (χ3n) is 6.25. The molecule has 1 spiro atoms. The number of esters is 1. The van der Waals surface area contributed by atoms with Gasteiger partial charge >= 0.3 is 5.97 Å². The van der Waals surface area contributed by atoms with Gasteiger partial charge in [-0.25, -0.2) is 4.79 Å². The normalized spacial score (nSPS) is 29.8. The Hall–Kier alpha value is -2.21. The first kappa shape index (κ1) is 18.2. The molecule has 0 radical (unpaired) electrons. The molecule has 0 unspecified atom stereocenters. The van der Waals surface area contributed by atoms with Crippen LogP contribution >= 0.6 is 0 Å². The predicted octanol–water partition coefficient (Wildman–Crippen LogP) is 2.04. The van der Waals surface area contributed by atoms with E-state index >= 15 is 0 Å². The van der Waals surface area contributed by atoms with Gasteiger partial charge in [-0.1, -0.05) is 42.5 Å². The highest BCUT2D eigenvalue weighted by molar-refractivity contribution is 5.89. The van der Waals surface area contributed by atoms with Crippen molar-refractivity contribution in [2.45, 2.75) is 18.6 Å². The molecule has 27 heavy (non-hydrogen) atoms. The fourth-order valence-electron chi connectivity index (χ4n) is 4.90. The number of aliphatic hydroxyl groups excluding tert-OH is 2. The SMILES string of the molecule is COC(=O)c1ccc(CN2C[C@H](O)[C@@]3(C2)[C@H](CO)[C@H]3c2ccccc2)cc1. The van der Waals surface area contributed by atoms with Crippen LogP contribution in [0.2, 0.25) is 0 Å². The molecular formula is C22H25NO4. The lowest BCUT2D eigenvalue weighted by Gasteiger charge is -2.16. The smallest absolute Gasteiger partial charge is 0.337 e. The third kappa shape index (κ3) is 3.06. The largest absolute Gasteiger partial charge is 0.465 e. The van der Waals surface area contributed by atoms with E-state index in [2.05, 4.69) is 17.0 Å². The Morgan fingerprint density at radius 3 is 2.52 bits per heavy atom. The minimum Gasteiger partial charge on any atom is -0.465 e. The van der Waals surface area contributed by atoms with Crippen molar-refractivity contribution in [2.75, 3.05) is 26.8 Å². The van der Waals surface area contributed by atoms with Crippen molar-refractivity contribution in [1.82, 2.24) is 4.90 Å². The van der Waals surface area contributed by atoms with Gasteiger partial charge in [-0.3, -0.25) is 4.90 Å². The lowest BCUT2D eigenvalue weighted by Crippen LogP contribution is -2.23. The summed E-state index contributed by atoms with van der Waals surface area (Å²) in [6.45, 7) is 2.16. The molecule has 1 heterocycles. The Morgan fingerprint density at radius 1 is 1.19 bits per heavy atom. The summed E-state index contributed by atoms with van der Waals surface area (Å²) in [4.78, 5) is 13.8. The van der Waals surface area contributed by atoms with Crippen LogP contribution in [0, 0.1) is 11.3 Å². The summed E-state index contributed by atoms with van der Waals surface area (Å²) in [6.07, 6.45) is -0.450. The average molecular weight is 367 g/mol. The number of ether oxygens (including phenoxy) is 1. The van der Waals surface area contributed by atoms with Crippen molar-refractivity contribution >= 4 is 5.97 Å². The van der Waals surface area contributed by atoms with E-state index in [-0.39, 0.29) is 29.8 Å². The second kappa shape index (κ2) is 7.08. The molecule has 2 N–H and O–H groups in total. The summed E-state index contributed by atoms with van der Waals surface area (Å²) in [5.41, 5.74) is 2.55. The Labute approximate surface area is 159 Å². The predicted molar refractivity (Wildman–Crippen MR) is 101 cm³/mol. The van der Waals surface area contributed by atoms with Gasteiger partial charge in [-0.15, -0.1) is 0 Å². The topological polar surface area (TPSA) is 70.0 Å². The number of benzene rings is 2. The van der Waals surface area contributed by atoms with Crippen molar-refractivity contribution < 1.29 is 19.7 Å². The molecule has 0 aromatic heterocycles. The lowest BCUT2D eigenvalue weighted by atomic mass is 9.95. The molecule has 0 bridgehead atoms. The van der Waals surface area contributed by atoms with Crippen LogP contribution in [0.5, 0.6) is 0 Å². The highest BCUT2D eigenvalue weighted by Gasteiger charge is 2.70. The van der Waals surface area contributed by atoms with E-state index in [1.54, 1.807) is 12.1 Å². The molecule has 0 amide bonds. The quantitative estimate of drug-likeness (QED) is 0.792. The standard InChI is InChI=1S/C22H25NO4/c1-27-21(26)17-9-7-15(8-10-17)11-23-12-19(25)22(14-23)18(13-24)20(22)16-5-3-2-4-6-16/h2-10,18-20,24-25H,11-14H2,1H3/t18-,19+,20-,22-/m1/s1. The molecule has 2 aromatic rings. The Morgan fingerprint density at radius 2 is 1.89 bits per heavy atom. The van der Waals surface area contributed by atoms with E-state index < -0.39 is 6.10 Å². The second-order valence-electron chi connectivity index (χ2n) is 7.66. The van der Waals surface area contributed by atoms with Gasteiger partial charge < -0.3 is 14.9 Å². The van der Waals surface area contributed by atoms with E-state index in [0.29, 0.717) is 18.7 Å². The van der Waals surface area contributed by atoms with Crippen LogP contribution in [0.1, 0.15) is 27.4 Å². The first-order valence-corrected chi connectivity index (χ1v) is 9.33. The molecule has 1 saturated heterocycles. The van der Waals surface area contributed by atoms with Crippen molar-refractivity contribution in [1.29, 1.82) is 0 Å². The van der Waals surface area contributed by atoms with Gasteiger partial charge in [0.25, 0.3) is 0 Å². The average Bonchev–Trinajstić information content (AvgIpc) is 3.25. The van der Waals surface area contributed by atoms with Crippen molar-refractivity contribution in [3.63, 3.8) is 0 Å². The second-order valence-corrected chi connectivity index (χ2v) is 7.66. The van der Waals surface area contributed by atoms with Gasteiger partial charge in [0.2, 0.25) is 0 Å². The number of methoxy groups -OCH3 is 1. The first-order valence-electron chi connectivity index (χ1n) is 9.33.